The number of likely N-dealkylation sites (tertiary alicyclic amines) is 2. The van der Waals surface area contributed by atoms with Crippen molar-refractivity contribution in [3.8, 4) is 0 Å². The van der Waals surface area contributed by atoms with Crippen LogP contribution in [0.5, 0.6) is 0 Å². The minimum Gasteiger partial charge on any atom is -0.338 e. The van der Waals surface area contributed by atoms with Crippen LogP contribution in [-0.4, -0.2) is 54.2 Å². The largest absolute Gasteiger partial charge is 0.338 e. The zero-order valence-corrected chi connectivity index (χ0v) is 22.0. The number of fused-ring (bicyclic) bond motifs is 1. The first-order valence-corrected chi connectivity index (χ1v) is 13.9. The molecule has 1 unspecified atom stereocenters. The Bertz CT molecular complexity index is 1460. The minimum absolute atomic E-state index is 0.00446. The van der Waals surface area contributed by atoms with Crippen molar-refractivity contribution in [3.05, 3.63) is 120 Å². The predicted molar refractivity (Wildman–Crippen MR) is 152 cm³/mol. The lowest BCUT2D eigenvalue weighted by Gasteiger charge is -2.34. The highest BCUT2D eigenvalue weighted by molar-refractivity contribution is 6.07. The highest BCUT2D eigenvalue weighted by atomic mass is 19.1. The minimum atomic E-state index is -0.235. The lowest BCUT2D eigenvalue weighted by atomic mass is 9.86. The van der Waals surface area contributed by atoms with Gasteiger partial charge in [-0.2, -0.15) is 0 Å². The van der Waals surface area contributed by atoms with E-state index in [1.165, 1.54) is 5.56 Å². The third-order valence-corrected chi connectivity index (χ3v) is 8.57. The van der Waals surface area contributed by atoms with Gasteiger partial charge in [0.2, 0.25) is 0 Å². The molecule has 2 fully saturated rings. The Morgan fingerprint density at radius 2 is 1.46 bits per heavy atom. The van der Waals surface area contributed by atoms with E-state index in [0.717, 1.165) is 43.2 Å². The molecule has 2 aliphatic rings. The van der Waals surface area contributed by atoms with Crippen molar-refractivity contribution in [1.82, 2.24) is 9.80 Å². The number of carbonyl (C=O) groups excluding carboxylic acids is 2. The summed E-state index contributed by atoms with van der Waals surface area (Å²) in [6.45, 7) is 3.67. The number of piperidine rings is 1. The number of hydrogen-bond donors (Lipinski definition) is 0. The number of benzene rings is 4. The number of Topliss-reactive ketones (excluding diaryl/α,β-unsaturated/α-hetero) is 1. The number of hydrogen-bond acceptors (Lipinski definition) is 3. The van der Waals surface area contributed by atoms with Crippen molar-refractivity contribution in [3.63, 3.8) is 0 Å². The molecule has 198 valence electrons. The van der Waals surface area contributed by atoms with Gasteiger partial charge in [-0.1, -0.05) is 78.9 Å². The Morgan fingerprint density at radius 3 is 2.23 bits per heavy atom. The standard InChI is InChI=1S/C34H33FN2O2/c35-29-15-13-24(14-16-29)25-17-19-36(20-18-25)21-28-22-37(23-32(28)33(38)27-8-2-1-3-9-27)34(39)31-12-6-10-26-7-4-5-11-30(26)31/h1-16,25,28,32H,17-23H2/t28?,32-/m1/s1. The Hall–Kier alpha value is -3.83. The van der Waals surface area contributed by atoms with Gasteiger partial charge in [0.25, 0.3) is 5.91 Å². The second-order valence-electron chi connectivity index (χ2n) is 11.0. The fourth-order valence-electron chi connectivity index (χ4n) is 6.43. The molecule has 0 aliphatic carbocycles. The molecule has 0 saturated carbocycles. The molecule has 0 bridgehead atoms. The fourth-order valence-corrected chi connectivity index (χ4v) is 6.43. The second-order valence-corrected chi connectivity index (χ2v) is 11.0. The van der Waals surface area contributed by atoms with Gasteiger partial charge >= 0.3 is 0 Å². The zero-order valence-electron chi connectivity index (χ0n) is 22.0. The molecule has 4 aromatic rings. The first kappa shape index (κ1) is 25.4. The van der Waals surface area contributed by atoms with Crippen LogP contribution in [0.15, 0.2) is 97.1 Å². The molecule has 4 aromatic carbocycles. The van der Waals surface area contributed by atoms with Crippen LogP contribution in [0.2, 0.25) is 0 Å². The molecule has 2 saturated heterocycles. The van der Waals surface area contributed by atoms with E-state index in [4.69, 9.17) is 0 Å². The van der Waals surface area contributed by atoms with Crippen molar-refractivity contribution in [2.75, 3.05) is 32.7 Å². The van der Waals surface area contributed by atoms with E-state index in [-0.39, 0.29) is 29.3 Å². The number of amides is 1. The van der Waals surface area contributed by atoms with Gasteiger partial charge in [0.05, 0.1) is 0 Å². The van der Waals surface area contributed by atoms with Gasteiger partial charge in [0.15, 0.2) is 5.78 Å². The second kappa shape index (κ2) is 11.1. The lowest BCUT2D eigenvalue weighted by molar-refractivity contribution is 0.0780. The Labute approximate surface area is 229 Å². The van der Waals surface area contributed by atoms with Gasteiger partial charge in [0, 0.05) is 42.6 Å². The quantitative estimate of drug-likeness (QED) is 0.275. The Morgan fingerprint density at radius 1 is 0.769 bits per heavy atom. The maximum absolute atomic E-state index is 13.8. The van der Waals surface area contributed by atoms with Gasteiger partial charge in [0.1, 0.15) is 5.82 Å². The molecule has 0 N–H and O–H groups in total. The van der Waals surface area contributed by atoms with Gasteiger partial charge in [-0.15, -0.1) is 0 Å². The van der Waals surface area contributed by atoms with Crippen LogP contribution in [0.3, 0.4) is 0 Å². The summed E-state index contributed by atoms with van der Waals surface area (Å²) in [5.41, 5.74) is 2.60. The van der Waals surface area contributed by atoms with Crippen molar-refractivity contribution in [1.29, 1.82) is 0 Å². The molecular weight excluding hydrogens is 487 g/mol. The molecule has 2 heterocycles. The maximum atomic E-state index is 13.8. The molecule has 0 spiro atoms. The Balaban J connectivity index is 1.20. The first-order valence-electron chi connectivity index (χ1n) is 13.9. The third kappa shape index (κ3) is 5.37. The molecule has 4 nitrogen and oxygen atoms in total. The van der Waals surface area contributed by atoms with E-state index in [1.54, 1.807) is 12.1 Å². The maximum Gasteiger partial charge on any atom is 0.254 e. The number of halogens is 1. The molecule has 5 heteroatoms. The third-order valence-electron chi connectivity index (χ3n) is 8.57. The average Bonchev–Trinajstić information content (AvgIpc) is 3.41. The van der Waals surface area contributed by atoms with Crippen LogP contribution in [-0.2, 0) is 0 Å². The van der Waals surface area contributed by atoms with Gasteiger partial charge in [-0.3, -0.25) is 9.59 Å². The summed E-state index contributed by atoms with van der Waals surface area (Å²) in [6.07, 6.45) is 2.02. The van der Waals surface area contributed by atoms with Gasteiger partial charge in [-0.25, -0.2) is 4.39 Å². The van der Waals surface area contributed by atoms with Crippen LogP contribution >= 0.6 is 0 Å². The van der Waals surface area contributed by atoms with Crippen molar-refractivity contribution in [2.45, 2.75) is 18.8 Å². The van der Waals surface area contributed by atoms with Crippen molar-refractivity contribution >= 4 is 22.5 Å². The summed E-state index contributed by atoms with van der Waals surface area (Å²) < 4.78 is 13.4. The van der Waals surface area contributed by atoms with E-state index in [1.807, 2.05) is 89.8 Å². The number of carbonyl (C=O) groups is 2. The SMILES string of the molecule is O=C(c1ccccc1)[C@@H]1CN(C(=O)c2cccc3ccccc23)CC1CN1CCC(c2ccc(F)cc2)CC1. The molecule has 6 rings (SSSR count). The van der Waals surface area contributed by atoms with Crippen molar-refractivity contribution < 1.29 is 14.0 Å². The summed E-state index contributed by atoms with van der Waals surface area (Å²) in [6, 6.07) is 30.2. The summed E-state index contributed by atoms with van der Waals surface area (Å²) >= 11 is 0. The number of ketones is 1. The molecule has 39 heavy (non-hydrogen) atoms. The van der Waals surface area contributed by atoms with E-state index in [2.05, 4.69) is 4.90 Å². The van der Waals surface area contributed by atoms with Gasteiger partial charge < -0.3 is 9.80 Å². The summed E-state index contributed by atoms with van der Waals surface area (Å²) in [5.74, 6) is 0.177. The lowest BCUT2D eigenvalue weighted by Crippen LogP contribution is -2.39. The van der Waals surface area contributed by atoms with E-state index < -0.39 is 0 Å². The molecule has 2 atom stereocenters. The summed E-state index contributed by atoms with van der Waals surface area (Å²) in [5, 5.41) is 1.99. The topological polar surface area (TPSA) is 40.6 Å². The number of nitrogens with zero attached hydrogens (tertiary/aromatic N) is 2. The van der Waals surface area contributed by atoms with Crippen LogP contribution in [0.25, 0.3) is 10.8 Å². The van der Waals surface area contributed by atoms with Crippen LogP contribution in [0, 0.1) is 17.7 Å². The molecular formula is C34H33FN2O2. The zero-order chi connectivity index (χ0) is 26.8. The molecule has 1 amide bonds. The summed E-state index contributed by atoms with van der Waals surface area (Å²) in [4.78, 5) is 31.8. The highest BCUT2D eigenvalue weighted by Crippen LogP contribution is 2.33. The summed E-state index contributed by atoms with van der Waals surface area (Å²) in [7, 11) is 0. The van der Waals surface area contributed by atoms with Gasteiger partial charge in [-0.05, 0) is 66.4 Å². The first-order chi connectivity index (χ1) is 19.1. The smallest absolute Gasteiger partial charge is 0.254 e. The van der Waals surface area contributed by atoms with Crippen molar-refractivity contribution in [2.24, 2.45) is 11.8 Å². The average molecular weight is 521 g/mol. The van der Waals surface area contributed by atoms with Crippen LogP contribution in [0.4, 0.5) is 4.39 Å². The fraction of sp³-hybridized carbons (Fsp3) is 0.294. The van der Waals surface area contributed by atoms with Crippen LogP contribution in [0.1, 0.15) is 45.0 Å². The monoisotopic (exact) mass is 520 g/mol. The number of rotatable bonds is 6. The molecule has 2 aliphatic heterocycles. The van der Waals surface area contributed by atoms with E-state index >= 15 is 0 Å². The van der Waals surface area contributed by atoms with Crippen LogP contribution < -0.4 is 0 Å². The normalized spacial score (nSPS) is 20.4. The molecule has 0 aromatic heterocycles. The van der Waals surface area contributed by atoms with E-state index in [9.17, 15) is 14.0 Å². The highest BCUT2D eigenvalue weighted by Gasteiger charge is 2.41. The molecule has 0 radical (unpaired) electrons. The Kier molecular flexibility index (Phi) is 7.25. The predicted octanol–water partition coefficient (Wildman–Crippen LogP) is 6.43. The van der Waals surface area contributed by atoms with E-state index in [0.29, 0.717) is 30.1 Å².